The lowest BCUT2D eigenvalue weighted by Crippen LogP contribution is -2.40. The number of nitrogens with zero attached hydrogens (tertiary/aromatic N) is 1. The molecule has 1 unspecified atom stereocenters. The first kappa shape index (κ1) is 6.06. The molecule has 1 aliphatic heterocycles. The van der Waals surface area contributed by atoms with Crippen molar-refractivity contribution in [1.29, 1.82) is 0 Å². The normalized spacial score (nSPS) is 42.8. The molecule has 1 aromatic rings. The molecule has 0 aliphatic carbocycles. The minimum atomic E-state index is -3.18. The van der Waals surface area contributed by atoms with Crippen molar-refractivity contribution in [1.82, 2.24) is 4.90 Å². The molecule has 0 aromatic heterocycles. The Labute approximate surface area is 124 Å². The Hall–Kier alpha value is -0.860. The van der Waals surface area contributed by atoms with Crippen molar-refractivity contribution in [2.75, 3.05) is 19.6 Å². The number of ether oxygens (including phenoxy) is 1. The van der Waals surface area contributed by atoms with Gasteiger partial charge >= 0.3 is 0 Å². The third-order valence-corrected chi connectivity index (χ3v) is 2.62. The highest BCUT2D eigenvalue weighted by atomic mass is 16.5. The quantitative estimate of drug-likeness (QED) is 0.805. The number of hydrogen-bond donors (Lipinski definition) is 0. The van der Waals surface area contributed by atoms with Crippen LogP contribution in [0.1, 0.15) is 51.2 Å². The minimum absolute atomic E-state index is 0.0447. The summed E-state index contributed by atoms with van der Waals surface area (Å²) in [5.74, 6) is 0. The van der Waals surface area contributed by atoms with Crippen LogP contribution in [0.25, 0.3) is 0 Å². The van der Waals surface area contributed by atoms with Crippen molar-refractivity contribution < 1.29 is 17.1 Å². The van der Waals surface area contributed by atoms with Crippen molar-refractivity contribution >= 4 is 0 Å². The Morgan fingerprint density at radius 3 is 2.72 bits per heavy atom. The lowest BCUT2D eigenvalue weighted by Gasteiger charge is -2.31. The van der Waals surface area contributed by atoms with Crippen LogP contribution in [0.15, 0.2) is 24.3 Å². The van der Waals surface area contributed by atoms with Crippen LogP contribution in [-0.2, 0) is 16.6 Å². The number of morpholine rings is 1. The van der Waals surface area contributed by atoms with Crippen LogP contribution in [0.5, 0.6) is 0 Å². The Morgan fingerprint density at radius 2 is 2.11 bits per heavy atom. The van der Waals surface area contributed by atoms with E-state index in [2.05, 4.69) is 0 Å². The van der Waals surface area contributed by atoms with Crippen LogP contribution in [-0.4, -0.2) is 30.5 Å². The molecule has 1 aromatic carbocycles. The summed E-state index contributed by atoms with van der Waals surface area (Å²) in [6.07, 6.45) is -2.54. The standard InChI is InChI=1S/C16H25NO/c1-13-11-17(9-10-18-13)12-14-5-7-15(8-6-14)16(2,3)4/h5-8,13H,9-12H2,1-4H3/i9D2,10D2,11D2,12D2,13D. The van der Waals surface area contributed by atoms with Gasteiger partial charge in [0.15, 0.2) is 0 Å². The Balaban J connectivity index is 2.63. The van der Waals surface area contributed by atoms with Crippen LogP contribution >= 0.6 is 0 Å². The molecule has 2 heteroatoms. The molecule has 1 heterocycles. The van der Waals surface area contributed by atoms with Gasteiger partial charge in [-0.05, 0) is 23.5 Å². The molecular formula is C16H25NO. The maximum atomic E-state index is 8.46. The van der Waals surface area contributed by atoms with Gasteiger partial charge in [-0.2, -0.15) is 0 Å². The van der Waals surface area contributed by atoms with Gasteiger partial charge < -0.3 is 4.74 Å². The highest BCUT2D eigenvalue weighted by molar-refractivity contribution is 5.27. The van der Waals surface area contributed by atoms with Crippen molar-refractivity contribution in [3.63, 3.8) is 0 Å². The average molecular weight is 256 g/mol. The van der Waals surface area contributed by atoms with E-state index in [1.54, 1.807) is 12.1 Å². The highest BCUT2D eigenvalue weighted by Gasteiger charge is 2.17. The van der Waals surface area contributed by atoms with Crippen molar-refractivity contribution in [3.05, 3.63) is 35.4 Å². The molecule has 1 aliphatic rings. The van der Waals surface area contributed by atoms with E-state index < -0.39 is 32.1 Å². The van der Waals surface area contributed by atoms with Gasteiger partial charge in [0.1, 0.15) is 0 Å². The summed E-state index contributed by atoms with van der Waals surface area (Å²) in [5.41, 5.74) is 0.678. The van der Waals surface area contributed by atoms with Gasteiger partial charge in [0.25, 0.3) is 0 Å². The van der Waals surface area contributed by atoms with Crippen molar-refractivity contribution in [2.24, 2.45) is 0 Å². The van der Waals surface area contributed by atoms with Crippen LogP contribution in [0.2, 0.25) is 0 Å². The monoisotopic (exact) mass is 256 g/mol. The Kier molecular flexibility index (Phi) is 1.82. The number of rotatable bonds is 2. The lowest BCUT2D eigenvalue weighted by molar-refractivity contribution is -0.0212. The molecule has 0 bridgehead atoms. The topological polar surface area (TPSA) is 12.5 Å². The van der Waals surface area contributed by atoms with Crippen LogP contribution < -0.4 is 0 Å². The molecule has 0 saturated carbocycles. The van der Waals surface area contributed by atoms with Gasteiger partial charge in [-0.3, -0.25) is 4.90 Å². The van der Waals surface area contributed by atoms with E-state index in [0.29, 0.717) is 0 Å². The van der Waals surface area contributed by atoms with Gasteiger partial charge in [0.2, 0.25) is 0 Å². The summed E-state index contributed by atoms with van der Waals surface area (Å²) >= 11 is 0. The molecule has 2 nitrogen and oxygen atoms in total. The van der Waals surface area contributed by atoms with Crippen LogP contribution in [0.4, 0.5) is 0 Å². The van der Waals surface area contributed by atoms with Gasteiger partial charge in [-0.15, -0.1) is 0 Å². The minimum Gasteiger partial charge on any atom is -0.376 e. The summed E-state index contributed by atoms with van der Waals surface area (Å²) in [6, 6.07) is 6.21. The second-order valence-electron chi connectivity index (χ2n) is 5.26. The fourth-order valence-electron chi connectivity index (χ4n) is 1.58. The second-order valence-corrected chi connectivity index (χ2v) is 5.26. The summed E-state index contributed by atoms with van der Waals surface area (Å²) in [7, 11) is 0. The van der Waals surface area contributed by atoms with Crippen LogP contribution in [0.3, 0.4) is 0 Å². The average Bonchev–Trinajstić information content (AvgIpc) is 2.43. The molecule has 100 valence electrons. The van der Waals surface area contributed by atoms with E-state index in [1.165, 1.54) is 12.1 Å². The molecule has 0 amide bonds. The zero-order valence-corrected chi connectivity index (χ0v) is 11.2. The molecule has 0 N–H and O–H groups in total. The number of hydrogen-bond acceptors (Lipinski definition) is 2. The van der Waals surface area contributed by atoms with E-state index in [9.17, 15) is 0 Å². The second kappa shape index (κ2) is 5.41. The van der Waals surface area contributed by atoms with E-state index in [4.69, 9.17) is 17.1 Å². The first-order valence-corrected chi connectivity index (χ1v) is 5.90. The first-order valence-electron chi connectivity index (χ1n) is 10.4. The molecule has 1 saturated heterocycles. The largest absolute Gasteiger partial charge is 0.376 e. The zero-order chi connectivity index (χ0) is 21.3. The summed E-state index contributed by atoms with van der Waals surface area (Å²) < 4.78 is 77.9. The van der Waals surface area contributed by atoms with E-state index >= 15 is 0 Å². The van der Waals surface area contributed by atoms with Crippen molar-refractivity contribution in [3.8, 4) is 0 Å². The van der Waals surface area contributed by atoms with Gasteiger partial charge in [0.05, 0.1) is 16.8 Å². The smallest absolute Gasteiger partial charge is 0.0674 e. The Bertz CT molecular complexity index is 682. The maximum absolute atomic E-state index is 8.46. The first-order chi connectivity index (χ1) is 11.8. The molecule has 0 radical (unpaired) electrons. The fourth-order valence-corrected chi connectivity index (χ4v) is 1.58. The summed E-state index contributed by atoms with van der Waals surface area (Å²) in [4.78, 5) is 0.135. The SMILES string of the molecule is [2H]C([2H])(c1ccc(C(C)(C)C)cc1)N1C([2H])([2H])C([2H])([2H])OC([2H])(C)C1([2H])[2H]. The Morgan fingerprint density at radius 1 is 1.44 bits per heavy atom. The third kappa shape index (κ3) is 3.56. The lowest BCUT2D eigenvalue weighted by atomic mass is 9.87. The molecule has 18 heavy (non-hydrogen) atoms. The predicted molar refractivity (Wildman–Crippen MR) is 75.8 cm³/mol. The third-order valence-electron chi connectivity index (χ3n) is 2.62. The fraction of sp³-hybridized carbons (Fsp3) is 0.625. The van der Waals surface area contributed by atoms with Gasteiger partial charge in [-0.1, -0.05) is 45.0 Å². The predicted octanol–water partition coefficient (Wildman–Crippen LogP) is 3.20. The summed E-state index contributed by atoms with van der Waals surface area (Å²) in [5, 5.41) is 0. The summed E-state index contributed by atoms with van der Waals surface area (Å²) in [6.45, 7) is -5.10. The van der Waals surface area contributed by atoms with E-state index in [0.717, 1.165) is 12.5 Å². The number of benzene rings is 1. The van der Waals surface area contributed by atoms with E-state index in [1.807, 2.05) is 20.8 Å². The zero-order valence-electron chi connectivity index (χ0n) is 20.2. The highest BCUT2D eigenvalue weighted by Crippen LogP contribution is 2.22. The van der Waals surface area contributed by atoms with Crippen LogP contribution in [0, 0.1) is 0 Å². The molecule has 2 rings (SSSR count). The molecule has 0 spiro atoms. The van der Waals surface area contributed by atoms with E-state index in [-0.39, 0.29) is 15.9 Å². The molecule has 1 fully saturated rings. The van der Waals surface area contributed by atoms with Gasteiger partial charge in [-0.25, -0.2) is 0 Å². The maximum Gasteiger partial charge on any atom is 0.0674 e. The molecular weight excluding hydrogens is 222 g/mol. The van der Waals surface area contributed by atoms with Crippen molar-refractivity contribution in [2.45, 2.75) is 45.7 Å². The van der Waals surface area contributed by atoms with Gasteiger partial charge in [0, 0.05) is 27.7 Å². The molecule has 1 atom stereocenters.